The number of anilines is 3. The summed E-state index contributed by atoms with van der Waals surface area (Å²) in [7, 11) is 2.10. The van der Waals surface area contributed by atoms with E-state index in [1.165, 1.54) is 12.3 Å². The molecule has 0 unspecified atom stereocenters. The number of pyridine rings is 1. The van der Waals surface area contributed by atoms with Gasteiger partial charge in [0, 0.05) is 48.5 Å². The van der Waals surface area contributed by atoms with Crippen LogP contribution in [0.3, 0.4) is 0 Å². The van der Waals surface area contributed by atoms with Gasteiger partial charge in [-0.2, -0.15) is 5.10 Å². The number of halogens is 2. The number of nitrogens with zero attached hydrogens (tertiary/aromatic N) is 5. The predicted molar refractivity (Wildman–Crippen MR) is 158 cm³/mol. The summed E-state index contributed by atoms with van der Waals surface area (Å²) in [5, 5.41) is 12.8. The monoisotopic (exact) mass is 574 g/mol. The maximum absolute atomic E-state index is 15.2. The van der Waals surface area contributed by atoms with Gasteiger partial charge in [0.15, 0.2) is 5.82 Å². The SMILES string of the molecule is CN1CCN(c2ccc(C(=O)Nc3n[nH]c4cnc(-c5c(F)cc(NC(=O)CN6CCCC6)cc5F)cc34)cc2)CC1. The van der Waals surface area contributed by atoms with Crippen LogP contribution in [0.1, 0.15) is 23.2 Å². The van der Waals surface area contributed by atoms with Crippen molar-refractivity contribution in [2.24, 2.45) is 0 Å². The van der Waals surface area contributed by atoms with Crippen molar-refractivity contribution in [2.75, 3.05) is 68.4 Å². The van der Waals surface area contributed by atoms with Gasteiger partial charge in [0.2, 0.25) is 5.91 Å². The topological polar surface area (TPSA) is 109 Å². The molecule has 0 aliphatic carbocycles. The molecule has 4 heterocycles. The third-order valence-corrected chi connectivity index (χ3v) is 7.82. The van der Waals surface area contributed by atoms with Gasteiger partial charge in [-0.1, -0.05) is 0 Å². The molecule has 218 valence electrons. The highest BCUT2D eigenvalue weighted by Crippen LogP contribution is 2.31. The van der Waals surface area contributed by atoms with E-state index >= 15 is 8.78 Å². The summed E-state index contributed by atoms with van der Waals surface area (Å²) in [6.45, 7) is 5.67. The average Bonchev–Trinajstić information content (AvgIpc) is 3.63. The molecule has 0 radical (unpaired) electrons. The second kappa shape index (κ2) is 11.8. The number of aromatic amines is 1. The number of carbonyl (C=O) groups excluding carboxylic acids is 2. The first-order chi connectivity index (χ1) is 20.3. The number of benzene rings is 2. The number of amides is 2. The van der Waals surface area contributed by atoms with Crippen LogP contribution in [0.15, 0.2) is 48.7 Å². The number of piperazine rings is 1. The summed E-state index contributed by atoms with van der Waals surface area (Å²) < 4.78 is 30.3. The predicted octanol–water partition coefficient (Wildman–Crippen LogP) is 3.94. The smallest absolute Gasteiger partial charge is 0.256 e. The molecule has 2 aliphatic heterocycles. The Labute approximate surface area is 241 Å². The average molecular weight is 575 g/mol. The van der Waals surface area contributed by atoms with Crippen molar-refractivity contribution in [3.63, 3.8) is 0 Å². The third-order valence-electron chi connectivity index (χ3n) is 7.82. The van der Waals surface area contributed by atoms with Crippen LogP contribution in [0.4, 0.5) is 26.0 Å². The summed E-state index contributed by atoms with van der Waals surface area (Å²) in [6.07, 6.45) is 3.48. The van der Waals surface area contributed by atoms with Gasteiger partial charge in [-0.3, -0.25) is 24.6 Å². The van der Waals surface area contributed by atoms with Crippen LogP contribution in [-0.2, 0) is 4.79 Å². The summed E-state index contributed by atoms with van der Waals surface area (Å²) in [5.41, 5.74) is 1.73. The van der Waals surface area contributed by atoms with Gasteiger partial charge in [-0.25, -0.2) is 8.78 Å². The molecule has 3 N–H and O–H groups in total. The third kappa shape index (κ3) is 5.95. The number of likely N-dealkylation sites (tertiary alicyclic amines) is 1. The van der Waals surface area contributed by atoms with Gasteiger partial charge in [-0.15, -0.1) is 0 Å². The van der Waals surface area contributed by atoms with E-state index < -0.39 is 11.6 Å². The van der Waals surface area contributed by atoms with Crippen LogP contribution in [0.25, 0.3) is 22.2 Å². The van der Waals surface area contributed by atoms with Crippen molar-refractivity contribution < 1.29 is 18.4 Å². The number of nitrogens with one attached hydrogen (secondary N) is 3. The molecule has 12 heteroatoms. The lowest BCUT2D eigenvalue weighted by atomic mass is 10.1. The summed E-state index contributed by atoms with van der Waals surface area (Å²) >= 11 is 0. The number of hydrogen-bond acceptors (Lipinski definition) is 7. The standard InChI is InChI=1S/C30H32F2N8O2/c1-38-10-12-40(13-11-38)21-6-4-19(5-7-21)30(42)35-29-22-16-25(33-17-26(22)36-37-29)28-23(31)14-20(15-24(28)32)34-27(41)18-39-8-2-3-9-39/h4-7,14-17H,2-3,8-13,18H2,1H3,(H,34,41)(H2,35,36,37,42). The second-order valence-electron chi connectivity index (χ2n) is 10.8. The van der Waals surface area contributed by atoms with E-state index in [2.05, 4.69) is 42.7 Å². The molecule has 0 spiro atoms. The normalized spacial score (nSPS) is 16.2. The molecule has 0 saturated carbocycles. The molecular formula is C30H32F2N8O2. The first kappa shape index (κ1) is 27.7. The minimum atomic E-state index is -0.868. The molecule has 6 rings (SSSR count). The number of fused-ring (bicyclic) bond motifs is 1. The van der Waals surface area contributed by atoms with Crippen LogP contribution in [0.2, 0.25) is 0 Å². The first-order valence-electron chi connectivity index (χ1n) is 14.0. The molecule has 2 saturated heterocycles. The number of H-pyrrole nitrogens is 1. The van der Waals surface area contributed by atoms with E-state index in [0.717, 1.165) is 69.9 Å². The quantitative estimate of drug-likeness (QED) is 0.307. The Bertz CT molecular complexity index is 1590. The van der Waals surface area contributed by atoms with E-state index in [9.17, 15) is 9.59 Å². The number of likely N-dealkylation sites (N-methyl/N-ethyl adjacent to an activating group) is 1. The Hall–Kier alpha value is -4.42. The van der Waals surface area contributed by atoms with Crippen molar-refractivity contribution in [1.82, 2.24) is 25.0 Å². The molecule has 2 aliphatic rings. The van der Waals surface area contributed by atoms with Crippen molar-refractivity contribution >= 4 is 39.9 Å². The van der Waals surface area contributed by atoms with Crippen LogP contribution in [-0.4, -0.2) is 89.7 Å². The van der Waals surface area contributed by atoms with E-state index in [1.54, 1.807) is 12.1 Å². The van der Waals surface area contributed by atoms with Crippen molar-refractivity contribution in [1.29, 1.82) is 0 Å². The lowest BCUT2D eigenvalue weighted by Gasteiger charge is -2.34. The zero-order chi connectivity index (χ0) is 29.2. The fraction of sp³-hybridized carbons (Fsp3) is 0.333. The van der Waals surface area contributed by atoms with Gasteiger partial charge < -0.3 is 20.4 Å². The zero-order valence-electron chi connectivity index (χ0n) is 23.3. The molecule has 0 bridgehead atoms. The number of rotatable bonds is 7. The molecule has 2 aromatic heterocycles. The molecular weight excluding hydrogens is 542 g/mol. The minimum absolute atomic E-state index is 0.0286. The highest BCUT2D eigenvalue weighted by molar-refractivity contribution is 6.08. The molecule has 42 heavy (non-hydrogen) atoms. The Morgan fingerprint density at radius 1 is 0.929 bits per heavy atom. The Morgan fingerprint density at radius 2 is 1.62 bits per heavy atom. The van der Waals surface area contributed by atoms with Crippen LogP contribution >= 0.6 is 0 Å². The van der Waals surface area contributed by atoms with Crippen LogP contribution < -0.4 is 15.5 Å². The van der Waals surface area contributed by atoms with E-state index in [-0.39, 0.29) is 41.1 Å². The largest absolute Gasteiger partial charge is 0.369 e. The Morgan fingerprint density at radius 3 is 2.31 bits per heavy atom. The zero-order valence-corrected chi connectivity index (χ0v) is 23.3. The van der Waals surface area contributed by atoms with Crippen LogP contribution in [0, 0.1) is 11.6 Å². The van der Waals surface area contributed by atoms with Crippen LogP contribution in [0.5, 0.6) is 0 Å². The summed E-state index contributed by atoms with van der Waals surface area (Å²) in [6, 6.07) is 11.0. The number of hydrogen-bond donors (Lipinski definition) is 3. The molecule has 4 aromatic rings. The summed E-state index contributed by atoms with van der Waals surface area (Å²) in [5.74, 6) is -2.21. The van der Waals surface area contributed by atoms with Crippen molar-refractivity contribution in [3.8, 4) is 11.3 Å². The number of carbonyl (C=O) groups is 2. The molecule has 0 atom stereocenters. The van der Waals surface area contributed by atoms with E-state index in [4.69, 9.17) is 0 Å². The second-order valence-corrected chi connectivity index (χ2v) is 10.8. The lowest BCUT2D eigenvalue weighted by molar-refractivity contribution is -0.117. The maximum atomic E-state index is 15.2. The van der Waals surface area contributed by atoms with Crippen molar-refractivity contribution in [3.05, 3.63) is 65.9 Å². The Kier molecular flexibility index (Phi) is 7.81. The lowest BCUT2D eigenvalue weighted by Crippen LogP contribution is -2.44. The van der Waals surface area contributed by atoms with Crippen molar-refractivity contribution in [2.45, 2.75) is 12.8 Å². The molecule has 2 aromatic carbocycles. The van der Waals surface area contributed by atoms with Gasteiger partial charge >= 0.3 is 0 Å². The molecule has 10 nitrogen and oxygen atoms in total. The highest BCUT2D eigenvalue weighted by Gasteiger charge is 2.20. The van der Waals surface area contributed by atoms with Gasteiger partial charge in [-0.05, 0) is 75.4 Å². The maximum Gasteiger partial charge on any atom is 0.256 e. The highest BCUT2D eigenvalue weighted by atomic mass is 19.1. The summed E-state index contributed by atoms with van der Waals surface area (Å²) in [4.78, 5) is 36.1. The Balaban J connectivity index is 1.17. The molecule has 2 fully saturated rings. The first-order valence-corrected chi connectivity index (χ1v) is 14.0. The van der Waals surface area contributed by atoms with E-state index in [1.807, 2.05) is 17.0 Å². The van der Waals surface area contributed by atoms with Gasteiger partial charge in [0.05, 0.1) is 29.5 Å². The minimum Gasteiger partial charge on any atom is -0.369 e. The van der Waals surface area contributed by atoms with E-state index in [0.29, 0.717) is 16.5 Å². The number of aromatic nitrogens is 3. The molecule has 2 amide bonds. The van der Waals surface area contributed by atoms with Gasteiger partial charge in [0.1, 0.15) is 11.6 Å². The fourth-order valence-electron chi connectivity index (χ4n) is 5.45. The van der Waals surface area contributed by atoms with Gasteiger partial charge in [0.25, 0.3) is 5.91 Å². The fourth-order valence-corrected chi connectivity index (χ4v) is 5.45.